The first-order valence-electron chi connectivity index (χ1n) is 7.68. The minimum Gasteiger partial charge on any atom is -0.454 e. The van der Waals surface area contributed by atoms with Crippen molar-refractivity contribution in [2.24, 2.45) is 0 Å². The summed E-state index contributed by atoms with van der Waals surface area (Å²) in [6.07, 6.45) is 0.124. The fourth-order valence-electron chi connectivity index (χ4n) is 1.51. The van der Waals surface area contributed by atoms with Crippen molar-refractivity contribution in [3.8, 4) is 11.5 Å². The number of hydrogen-bond acceptors (Lipinski definition) is 3. The zero-order valence-electron chi connectivity index (χ0n) is 14.5. The number of rotatable bonds is 4. The lowest BCUT2D eigenvalue weighted by Gasteiger charge is -2.12. The average molecular weight is 213 g/mol. The van der Waals surface area contributed by atoms with Crippen molar-refractivity contribution in [3.05, 3.63) is 23.8 Å². The van der Waals surface area contributed by atoms with E-state index in [1.165, 1.54) is 6.92 Å². The van der Waals surface area contributed by atoms with Crippen LogP contribution in [0.1, 0.15) is 27.6 Å². The van der Waals surface area contributed by atoms with Gasteiger partial charge < -0.3 is 14.8 Å². The van der Waals surface area contributed by atoms with Gasteiger partial charge in [-0.3, -0.25) is 0 Å². The Morgan fingerprint density at radius 2 is 2.47 bits per heavy atom. The SMILES string of the molecule is [2H]C([2H])([2H])C([2H])([2H])N[C@@]([2H])(C)Cc1ccc2c(c1)OCO2. The molecule has 15 heavy (non-hydrogen) atoms. The molecule has 3 heteroatoms. The second-order valence-corrected chi connectivity index (χ2v) is 3.39. The van der Waals surface area contributed by atoms with Crippen LogP contribution in [0.25, 0.3) is 0 Å². The third-order valence-electron chi connectivity index (χ3n) is 2.18. The van der Waals surface area contributed by atoms with Crippen LogP contribution < -0.4 is 14.8 Å². The molecule has 2 rings (SSSR count). The summed E-state index contributed by atoms with van der Waals surface area (Å²) >= 11 is 0. The smallest absolute Gasteiger partial charge is 0.231 e. The lowest BCUT2D eigenvalue weighted by molar-refractivity contribution is 0.174. The van der Waals surface area contributed by atoms with Crippen LogP contribution in [0.3, 0.4) is 0 Å². The molecule has 1 aliphatic heterocycles. The molecule has 0 aliphatic carbocycles. The van der Waals surface area contributed by atoms with Crippen molar-refractivity contribution in [2.75, 3.05) is 13.3 Å². The first kappa shape index (κ1) is 5.21. The molecular weight excluding hydrogens is 190 g/mol. The molecule has 0 bridgehead atoms. The van der Waals surface area contributed by atoms with Crippen LogP contribution in [0, 0.1) is 0 Å². The first-order valence-corrected chi connectivity index (χ1v) is 4.68. The Morgan fingerprint density at radius 1 is 1.60 bits per heavy atom. The molecule has 1 aromatic carbocycles. The summed E-state index contributed by atoms with van der Waals surface area (Å²) in [5.74, 6) is 1.19. The molecule has 0 saturated heterocycles. The summed E-state index contributed by atoms with van der Waals surface area (Å²) in [5.41, 5.74) is 0.727. The van der Waals surface area contributed by atoms with Crippen LogP contribution in [-0.2, 0) is 6.42 Å². The molecule has 82 valence electrons. The number of likely N-dealkylation sites (N-methyl/N-ethyl adjacent to an activating group) is 1. The Morgan fingerprint density at radius 3 is 3.33 bits per heavy atom. The molecule has 0 fully saturated rings. The van der Waals surface area contributed by atoms with Crippen LogP contribution in [0.5, 0.6) is 11.5 Å². The van der Waals surface area contributed by atoms with E-state index in [0.717, 1.165) is 5.56 Å². The van der Waals surface area contributed by atoms with Crippen LogP contribution in [-0.4, -0.2) is 19.3 Å². The zero-order valence-corrected chi connectivity index (χ0v) is 8.46. The van der Waals surface area contributed by atoms with Gasteiger partial charge in [0, 0.05) is 14.2 Å². The quantitative estimate of drug-likeness (QED) is 0.829. The predicted molar refractivity (Wildman–Crippen MR) is 59.4 cm³/mol. The van der Waals surface area contributed by atoms with E-state index in [9.17, 15) is 0 Å². The van der Waals surface area contributed by atoms with Crippen molar-refractivity contribution in [3.63, 3.8) is 0 Å². The van der Waals surface area contributed by atoms with Gasteiger partial charge in [0.25, 0.3) is 0 Å². The second kappa shape index (κ2) is 4.53. The summed E-state index contributed by atoms with van der Waals surface area (Å²) in [6, 6.07) is 3.69. The molecule has 0 radical (unpaired) electrons. The van der Waals surface area contributed by atoms with Gasteiger partial charge in [-0.25, -0.2) is 0 Å². The van der Waals surface area contributed by atoms with Gasteiger partial charge >= 0.3 is 0 Å². The highest BCUT2D eigenvalue weighted by Gasteiger charge is 2.13. The van der Waals surface area contributed by atoms with Crippen LogP contribution in [0.2, 0.25) is 0 Å². The maximum Gasteiger partial charge on any atom is 0.231 e. The van der Waals surface area contributed by atoms with E-state index in [4.69, 9.17) is 17.7 Å². The fourth-order valence-corrected chi connectivity index (χ4v) is 1.51. The molecule has 1 heterocycles. The Bertz CT molecular complexity index is 529. The van der Waals surface area contributed by atoms with E-state index in [1.807, 2.05) is 0 Å². The summed E-state index contributed by atoms with van der Waals surface area (Å²) in [4.78, 5) is 0. The number of ether oxygens (including phenoxy) is 2. The largest absolute Gasteiger partial charge is 0.454 e. The lowest BCUT2D eigenvalue weighted by atomic mass is 10.1. The molecule has 0 spiro atoms. The monoisotopic (exact) mass is 213 g/mol. The Hall–Kier alpha value is -1.22. The molecule has 3 nitrogen and oxygen atoms in total. The number of nitrogens with one attached hydrogen (secondary N) is 1. The predicted octanol–water partition coefficient (Wildman–Crippen LogP) is 1.96. The van der Waals surface area contributed by atoms with Gasteiger partial charge in [-0.2, -0.15) is 0 Å². The third kappa shape index (κ3) is 2.42. The molecule has 0 aromatic heterocycles. The van der Waals surface area contributed by atoms with E-state index in [1.54, 1.807) is 18.2 Å². The van der Waals surface area contributed by atoms with Crippen molar-refractivity contribution in [1.29, 1.82) is 0 Å². The van der Waals surface area contributed by atoms with E-state index in [-0.39, 0.29) is 13.2 Å². The first-order chi connectivity index (χ1) is 9.50. The normalized spacial score (nSPS) is 25.1. The maximum absolute atomic E-state index is 8.12. The fraction of sp³-hybridized carbons (Fsp3) is 0.500. The summed E-state index contributed by atoms with van der Waals surface area (Å²) in [5, 5.41) is 2.25. The maximum atomic E-state index is 8.12. The number of hydrogen-bond donors (Lipinski definition) is 1. The molecule has 0 unspecified atom stereocenters. The highest BCUT2D eigenvalue weighted by molar-refractivity contribution is 5.44. The number of fused-ring (bicyclic) bond motifs is 1. The van der Waals surface area contributed by atoms with Crippen LogP contribution >= 0.6 is 0 Å². The van der Waals surface area contributed by atoms with Gasteiger partial charge in [0.05, 0.1) is 0 Å². The highest BCUT2D eigenvalue weighted by atomic mass is 16.7. The van der Waals surface area contributed by atoms with E-state index in [2.05, 4.69) is 5.32 Å². The second-order valence-electron chi connectivity index (χ2n) is 3.39. The highest BCUT2D eigenvalue weighted by Crippen LogP contribution is 2.32. The molecule has 1 aliphatic rings. The molecule has 1 aromatic rings. The minimum absolute atomic E-state index is 0.124. The van der Waals surface area contributed by atoms with E-state index in [0.29, 0.717) is 11.5 Å². The van der Waals surface area contributed by atoms with Gasteiger partial charge in [-0.1, -0.05) is 12.9 Å². The standard InChI is InChI=1S/C12H17NO2/c1-3-13-9(2)6-10-4-5-11-12(7-10)15-8-14-11/h4-5,7,9,13H,3,6,8H2,1-2H3/t9-/m0/s1/i1D3,3D2,9D. The van der Waals surface area contributed by atoms with Crippen molar-refractivity contribution in [2.45, 2.75) is 26.2 Å². The van der Waals surface area contributed by atoms with Crippen LogP contribution in [0.4, 0.5) is 0 Å². The van der Waals surface area contributed by atoms with Crippen molar-refractivity contribution < 1.29 is 17.7 Å². The summed E-state index contributed by atoms with van der Waals surface area (Å²) in [7, 11) is 0. The molecule has 0 saturated carbocycles. The molecular formula is C12H17NO2. The molecule has 1 atom stereocenters. The van der Waals surface area contributed by atoms with Crippen molar-refractivity contribution >= 4 is 0 Å². The molecule has 0 amide bonds. The van der Waals surface area contributed by atoms with Gasteiger partial charge in [-0.05, 0) is 37.5 Å². The van der Waals surface area contributed by atoms with Gasteiger partial charge in [0.2, 0.25) is 6.79 Å². The van der Waals surface area contributed by atoms with Crippen LogP contribution in [0.15, 0.2) is 18.2 Å². The summed E-state index contributed by atoms with van der Waals surface area (Å²) < 4.78 is 55.2. The molecule has 1 N–H and O–H groups in total. The van der Waals surface area contributed by atoms with E-state index >= 15 is 0 Å². The van der Waals surface area contributed by atoms with Gasteiger partial charge in [0.15, 0.2) is 11.5 Å². The van der Waals surface area contributed by atoms with E-state index < -0.39 is 19.4 Å². The Kier molecular flexibility index (Phi) is 1.58. The lowest BCUT2D eigenvalue weighted by Crippen LogP contribution is -2.27. The van der Waals surface area contributed by atoms with Gasteiger partial charge in [-0.15, -0.1) is 0 Å². The average Bonchev–Trinajstić information content (AvgIpc) is 2.72. The summed E-state index contributed by atoms with van der Waals surface area (Å²) in [6.45, 7) is -3.90. The zero-order chi connectivity index (χ0) is 15.9. The Balaban J connectivity index is 2.10. The third-order valence-corrected chi connectivity index (χ3v) is 2.18. The van der Waals surface area contributed by atoms with Gasteiger partial charge in [0.1, 0.15) is 0 Å². The number of benzene rings is 1. The Labute approximate surface area is 98.8 Å². The minimum atomic E-state index is -2.84. The van der Waals surface area contributed by atoms with Crippen molar-refractivity contribution in [1.82, 2.24) is 5.32 Å². The topological polar surface area (TPSA) is 30.5 Å².